The number of carboxylic acids is 1. The Bertz CT molecular complexity index is 571. The molecule has 0 saturated carbocycles. The van der Waals surface area contributed by atoms with E-state index in [4.69, 9.17) is 14.6 Å². The van der Waals surface area contributed by atoms with Crippen molar-refractivity contribution < 1.29 is 24.2 Å². The zero-order valence-corrected chi connectivity index (χ0v) is 14.4. The first-order chi connectivity index (χ1) is 11.5. The lowest BCUT2D eigenvalue weighted by molar-refractivity contribution is -0.140. The third kappa shape index (κ3) is 4.06. The molecule has 1 amide bonds. The number of rotatable bonds is 7. The van der Waals surface area contributed by atoms with Crippen LogP contribution in [-0.2, 0) is 14.3 Å². The van der Waals surface area contributed by atoms with Crippen LogP contribution in [0.3, 0.4) is 0 Å². The van der Waals surface area contributed by atoms with Crippen molar-refractivity contribution in [3.63, 3.8) is 0 Å². The fraction of sp³-hybridized carbons (Fsp3) is 0.556. The molecule has 1 aliphatic heterocycles. The van der Waals surface area contributed by atoms with Crippen LogP contribution in [0.15, 0.2) is 24.3 Å². The van der Waals surface area contributed by atoms with Crippen LogP contribution >= 0.6 is 0 Å². The normalized spacial score (nSPS) is 21.5. The Morgan fingerprint density at radius 1 is 1.29 bits per heavy atom. The lowest BCUT2D eigenvalue weighted by atomic mass is 9.94. The van der Waals surface area contributed by atoms with Crippen molar-refractivity contribution in [1.82, 2.24) is 4.90 Å². The monoisotopic (exact) mass is 335 g/mol. The third-order valence-electron chi connectivity index (χ3n) is 4.63. The van der Waals surface area contributed by atoms with Crippen molar-refractivity contribution in [3.8, 4) is 5.75 Å². The van der Waals surface area contributed by atoms with E-state index in [1.165, 1.54) is 0 Å². The van der Waals surface area contributed by atoms with Crippen molar-refractivity contribution in [2.45, 2.75) is 44.2 Å². The fourth-order valence-corrected chi connectivity index (χ4v) is 3.30. The van der Waals surface area contributed by atoms with Gasteiger partial charge in [0.05, 0.1) is 25.6 Å². The molecule has 6 nitrogen and oxygen atoms in total. The number of benzene rings is 1. The van der Waals surface area contributed by atoms with E-state index in [9.17, 15) is 9.59 Å². The van der Waals surface area contributed by atoms with Gasteiger partial charge in [0.2, 0.25) is 5.91 Å². The van der Waals surface area contributed by atoms with Crippen molar-refractivity contribution in [1.29, 1.82) is 0 Å². The molecule has 1 heterocycles. The molecule has 0 aliphatic carbocycles. The fourth-order valence-electron chi connectivity index (χ4n) is 3.30. The maximum absolute atomic E-state index is 13.0. The van der Waals surface area contributed by atoms with Gasteiger partial charge in [0, 0.05) is 19.7 Å². The molecule has 1 aliphatic rings. The van der Waals surface area contributed by atoms with Gasteiger partial charge in [-0.25, -0.2) is 0 Å². The number of aliphatic carboxylic acids is 1. The number of carboxylic acid groups (broad SMARTS) is 1. The molecular weight excluding hydrogens is 310 g/mol. The van der Waals surface area contributed by atoms with E-state index in [0.717, 1.165) is 11.3 Å². The highest BCUT2D eigenvalue weighted by atomic mass is 16.5. The van der Waals surface area contributed by atoms with Crippen LogP contribution in [0, 0.1) is 0 Å². The predicted octanol–water partition coefficient (Wildman–Crippen LogP) is 2.28. The van der Waals surface area contributed by atoms with Crippen molar-refractivity contribution >= 4 is 11.9 Å². The van der Waals surface area contributed by atoms with Gasteiger partial charge < -0.3 is 19.5 Å². The molecule has 132 valence electrons. The number of hydrogen-bond acceptors (Lipinski definition) is 4. The summed E-state index contributed by atoms with van der Waals surface area (Å²) in [5.41, 5.74) is 0.915. The molecular formula is C18H25NO5. The number of nitrogens with zero attached hydrogens (tertiary/aromatic N) is 1. The number of likely N-dealkylation sites (tertiary alicyclic amines) is 1. The zero-order valence-electron chi connectivity index (χ0n) is 14.4. The Morgan fingerprint density at radius 2 is 1.96 bits per heavy atom. The zero-order chi connectivity index (χ0) is 17.7. The Morgan fingerprint density at radius 3 is 2.46 bits per heavy atom. The van der Waals surface area contributed by atoms with Gasteiger partial charge in [0.15, 0.2) is 0 Å². The molecule has 3 unspecified atom stereocenters. The first kappa shape index (κ1) is 18.3. The second-order valence-corrected chi connectivity index (χ2v) is 6.07. The number of hydrogen-bond donors (Lipinski definition) is 1. The van der Waals surface area contributed by atoms with Crippen molar-refractivity contribution in [2.24, 2.45) is 0 Å². The predicted molar refractivity (Wildman–Crippen MR) is 89.2 cm³/mol. The standard InChI is InChI=1S/C18H25NO5/c1-4-16(12-5-7-14(23-2)8-6-12)18(22)19-11-15(24-3)9-13(19)10-17(20)21/h5-8,13,15-16H,4,9-11H2,1-3H3,(H,20,21). The van der Waals surface area contributed by atoms with Crippen LogP contribution in [0.5, 0.6) is 5.75 Å². The van der Waals surface area contributed by atoms with Crippen LogP contribution in [-0.4, -0.2) is 54.8 Å². The summed E-state index contributed by atoms with van der Waals surface area (Å²) in [4.78, 5) is 25.8. The molecule has 2 rings (SSSR count). The highest BCUT2D eigenvalue weighted by Crippen LogP contribution is 2.30. The molecule has 1 fully saturated rings. The summed E-state index contributed by atoms with van der Waals surface area (Å²) in [5, 5.41) is 9.11. The minimum absolute atomic E-state index is 0.0338. The Labute approximate surface area is 142 Å². The van der Waals surface area contributed by atoms with E-state index in [1.807, 2.05) is 31.2 Å². The van der Waals surface area contributed by atoms with E-state index in [-0.39, 0.29) is 30.4 Å². The first-order valence-electron chi connectivity index (χ1n) is 8.19. The molecule has 6 heteroatoms. The summed E-state index contributed by atoms with van der Waals surface area (Å²) in [5.74, 6) is -0.478. The van der Waals surface area contributed by atoms with Crippen molar-refractivity contribution in [3.05, 3.63) is 29.8 Å². The summed E-state index contributed by atoms with van der Waals surface area (Å²) < 4.78 is 10.5. The van der Waals surface area contributed by atoms with Crippen LogP contribution in [0.2, 0.25) is 0 Å². The quantitative estimate of drug-likeness (QED) is 0.827. The molecule has 1 aromatic rings. The molecule has 1 aromatic carbocycles. The number of ether oxygens (including phenoxy) is 2. The molecule has 1 saturated heterocycles. The van der Waals surface area contributed by atoms with E-state index in [2.05, 4.69) is 0 Å². The second kappa shape index (κ2) is 8.15. The summed E-state index contributed by atoms with van der Waals surface area (Å²) in [6, 6.07) is 7.14. The summed E-state index contributed by atoms with van der Waals surface area (Å²) >= 11 is 0. The topological polar surface area (TPSA) is 76.1 Å². The minimum Gasteiger partial charge on any atom is -0.497 e. The van der Waals surface area contributed by atoms with Crippen molar-refractivity contribution in [2.75, 3.05) is 20.8 Å². The van der Waals surface area contributed by atoms with Gasteiger partial charge >= 0.3 is 5.97 Å². The van der Waals surface area contributed by atoms with Gasteiger partial charge in [-0.05, 0) is 30.5 Å². The third-order valence-corrected chi connectivity index (χ3v) is 4.63. The number of carbonyl (C=O) groups is 2. The largest absolute Gasteiger partial charge is 0.497 e. The van der Waals surface area contributed by atoms with Gasteiger partial charge in [-0.15, -0.1) is 0 Å². The van der Waals surface area contributed by atoms with Gasteiger partial charge in [-0.1, -0.05) is 19.1 Å². The van der Waals surface area contributed by atoms with E-state index >= 15 is 0 Å². The lowest BCUT2D eigenvalue weighted by Gasteiger charge is -2.28. The van der Waals surface area contributed by atoms with Crippen LogP contribution in [0.4, 0.5) is 0 Å². The van der Waals surface area contributed by atoms with Crippen LogP contribution in [0.1, 0.15) is 37.7 Å². The highest BCUT2D eigenvalue weighted by Gasteiger charge is 2.38. The molecule has 3 atom stereocenters. The molecule has 0 radical (unpaired) electrons. The van der Waals surface area contributed by atoms with Gasteiger partial charge in [-0.2, -0.15) is 0 Å². The Kier molecular flexibility index (Phi) is 6.20. The second-order valence-electron chi connectivity index (χ2n) is 6.07. The van der Waals surface area contributed by atoms with Gasteiger partial charge in [-0.3, -0.25) is 9.59 Å². The van der Waals surface area contributed by atoms with Gasteiger partial charge in [0.25, 0.3) is 0 Å². The van der Waals surface area contributed by atoms with E-state index < -0.39 is 5.97 Å². The van der Waals surface area contributed by atoms with Crippen LogP contribution in [0.25, 0.3) is 0 Å². The average molecular weight is 335 g/mol. The Hall–Kier alpha value is -2.08. The summed E-state index contributed by atoms with van der Waals surface area (Å²) in [7, 11) is 3.19. The van der Waals surface area contributed by atoms with Crippen LogP contribution < -0.4 is 4.74 Å². The molecule has 0 aromatic heterocycles. The molecule has 0 bridgehead atoms. The Balaban J connectivity index is 2.19. The molecule has 0 spiro atoms. The summed E-state index contributed by atoms with van der Waals surface area (Å²) in [6.07, 6.45) is 1.06. The smallest absolute Gasteiger partial charge is 0.305 e. The highest BCUT2D eigenvalue weighted by molar-refractivity contribution is 5.85. The summed E-state index contributed by atoms with van der Waals surface area (Å²) in [6.45, 7) is 2.41. The van der Waals surface area contributed by atoms with E-state index in [0.29, 0.717) is 19.4 Å². The lowest BCUT2D eigenvalue weighted by Crippen LogP contribution is -2.40. The number of amides is 1. The first-order valence-corrected chi connectivity index (χ1v) is 8.19. The molecule has 1 N–H and O–H groups in total. The minimum atomic E-state index is -0.896. The van der Waals surface area contributed by atoms with E-state index in [1.54, 1.807) is 19.1 Å². The number of carbonyl (C=O) groups excluding carboxylic acids is 1. The molecule has 24 heavy (non-hydrogen) atoms. The maximum Gasteiger partial charge on any atom is 0.305 e. The number of methoxy groups -OCH3 is 2. The average Bonchev–Trinajstić information content (AvgIpc) is 2.98. The SMILES string of the molecule is CCC(C(=O)N1CC(OC)CC1CC(=O)O)c1ccc(OC)cc1. The van der Waals surface area contributed by atoms with Gasteiger partial charge in [0.1, 0.15) is 5.75 Å². The maximum atomic E-state index is 13.0.